The van der Waals surface area contributed by atoms with Crippen molar-refractivity contribution < 1.29 is 18.7 Å². The summed E-state index contributed by atoms with van der Waals surface area (Å²) in [7, 11) is 3.30. The van der Waals surface area contributed by atoms with Crippen molar-refractivity contribution in [1.82, 2.24) is 4.90 Å². The zero-order chi connectivity index (χ0) is 18.4. The molecule has 1 fully saturated rings. The van der Waals surface area contributed by atoms with Crippen LogP contribution in [0.25, 0.3) is 0 Å². The second-order valence-electron chi connectivity index (χ2n) is 6.85. The summed E-state index contributed by atoms with van der Waals surface area (Å²) in [5.41, 5.74) is 1.28. The molecule has 1 amide bonds. The second kappa shape index (κ2) is 8.90. The van der Waals surface area contributed by atoms with E-state index in [4.69, 9.17) is 13.9 Å². The molecule has 0 N–H and O–H groups in total. The molecule has 1 saturated heterocycles. The topological polar surface area (TPSA) is 51.9 Å². The van der Waals surface area contributed by atoms with Crippen molar-refractivity contribution in [2.75, 3.05) is 27.3 Å². The van der Waals surface area contributed by atoms with Crippen LogP contribution in [0.4, 0.5) is 0 Å². The van der Waals surface area contributed by atoms with Gasteiger partial charge in [0.1, 0.15) is 18.1 Å². The molecule has 1 aromatic carbocycles. The number of rotatable bonds is 7. The number of piperidine rings is 1. The van der Waals surface area contributed by atoms with Gasteiger partial charge in [0, 0.05) is 20.2 Å². The molecule has 0 bridgehead atoms. The number of nitrogens with zero attached hydrogens (tertiary/aromatic N) is 1. The standard InChI is InChI=1S/C21H27NO4/c1-24-15-19-10-11-20(26-19)21(23)22-12-4-6-17(14-22)9-8-16-5-3-7-18(13-16)25-2/h3,5,7,10-11,13,17H,4,6,8-9,12,14-15H2,1-2H3. The normalized spacial score (nSPS) is 17.3. The molecule has 2 aromatic rings. The van der Waals surface area contributed by atoms with Crippen molar-refractivity contribution in [3.8, 4) is 5.75 Å². The van der Waals surface area contributed by atoms with Gasteiger partial charge in [0.2, 0.25) is 0 Å². The number of aryl methyl sites for hydroxylation is 1. The number of furan rings is 1. The van der Waals surface area contributed by atoms with E-state index in [-0.39, 0.29) is 5.91 Å². The van der Waals surface area contributed by atoms with Gasteiger partial charge in [-0.3, -0.25) is 4.79 Å². The first-order valence-corrected chi connectivity index (χ1v) is 9.19. The van der Waals surface area contributed by atoms with Crippen LogP contribution >= 0.6 is 0 Å². The van der Waals surface area contributed by atoms with Crippen molar-refractivity contribution in [3.63, 3.8) is 0 Å². The van der Waals surface area contributed by atoms with Gasteiger partial charge in [0.25, 0.3) is 5.91 Å². The van der Waals surface area contributed by atoms with Crippen LogP contribution in [0.1, 0.15) is 41.1 Å². The highest BCUT2D eigenvalue weighted by Gasteiger charge is 2.26. The molecule has 140 valence electrons. The summed E-state index contributed by atoms with van der Waals surface area (Å²) in [6, 6.07) is 11.8. The van der Waals surface area contributed by atoms with Gasteiger partial charge in [0.05, 0.1) is 7.11 Å². The third kappa shape index (κ3) is 4.67. The number of carbonyl (C=O) groups is 1. The highest BCUT2D eigenvalue weighted by molar-refractivity contribution is 5.91. The number of likely N-dealkylation sites (tertiary alicyclic amines) is 1. The lowest BCUT2D eigenvalue weighted by Gasteiger charge is -2.32. The molecule has 1 atom stereocenters. The fourth-order valence-electron chi connectivity index (χ4n) is 3.55. The molecule has 26 heavy (non-hydrogen) atoms. The second-order valence-corrected chi connectivity index (χ2v) is 6.85. The molecule has 1 aromatic heterocycles. The number of hydrogen-bond acceptors (Lipinski definition) is 4. The largest absolute Gasteiger partial charge is 0.497 e. The fraction of sp³-hybridized carbons (Fsp3) is 0.476. The Morgan fingerprint density at radius 3 is 2.96 bits per heavy atom. The summed E-state index contributed by atoms with van der Waals surface area (Å²) < 4.78 is 15.9. The summed E-state index contributed by atoms with van der Waals surface area (Å²) in [5.74, 6) is 2.49. The maximum atomic E-state index is 12.7. The highest BCUT2D eigenvalue weighted by Crippen LogP contribution is 2.24. The van der Waals surface area contributed by atoms with E-state index in [2.05, 4.69) is 12.1 Å². The van der Waals surface area contributed by atoms with Gasteiger partial charge in [-0.05, 0) is 61.4 Å². The van der Waals surface area contributed by atoms with Gasteiger partial charge >= 0.3 is 0 Å². The van der Waals surface area contributed by atoms with E-state index in [0.29, 0.717) is 24.0 Å². The number of carbonyl (C=O) groups excluding carboxylic acids is 1. The molecule has 1 aliphatic heterocycles. The molecular formula is C21H27NO4. The van der Waals surface area contributed by atoms with Crippen LogP contribution in [0.5, 0.6) is 5.75 Å². The van der Waals surface area contributed by atoms with E-state index in [1.54, 1.807) is 26.4 Å². The van der Waals surface area contributed by atoms with E-state index < -0.39 is 0 Å². The number of methoxy groups -OCH3 is 2. The summed E-state index contributed by atoms with van der Waals surface area (Å²) >= 11 is 0. The Kier molecular flexibility index (Phi) is 6.34. The molecule has 5 nitrogen and oxygen atoms in total. The van der Waals surface area contributed by atoms with Crippen molar-refractivity contribution in [3.05, 3.63) is 53.5 Å². The minimum atomic E-state index is -0.0153. The number of benzene rings is 1. The van der Waals surface area contributed by atoms with Gasteiger partial charge in [-0.1, -0.05) is 12.1 Å². The van der Waals surface area contributed by atoms with Crippen LogP contribution in [0.15, 0.2) is 40.8 Å². The molecular weight excluding hydrogens is 330 g/mol. The summed E-state index contributed by atoms with van der Waals surface area (Å²) in [6.07, 6.45) is 4.29. The zero-order valence-electron chi connectivity index (χ0n) is 15.6. The minimum Gasteiger partial charge on any atom is -0.497 e. The Morgan fingerprint density at radius 2 is 2.15 bits per heavy atom. The maximum Gasteiger partial charge on any atom is 0.289 e. The molecule has 0 aliphatic carbocycles. The number of ether oxygens (including phenoxy) is 2. The Balaban J connectivity index is 1.55. The molecule has 5 heteroatoms. The van der Waals surface area contributed by atoms with Gasteiger partial charge in [-0.15, -0.1) is 0 Å². The molecule has 0 spiro atoms. The van der Waals surface area contributed by atoms with Crippen molar-refractivity contribution in [2.24, 2.45) is 5.92 Å². The molecule has 0 saturated carbocycles. The average molecular weight is 357 g/mol. The highest BCUT2D eigenvalue weighted by atomic mass is 16.5. The van der Waals surface area contributed by atoms with Crippen LogP contribution < -0.4 is 4.74 Å². The van der Waals surface area contributed by atoms with Gasteiger partial charge in [-0.25, -0.2) is 0 Å². The van der Waals surface area contributed by atoms with Crippen LogP contribution in [0.2, 0.25) is 0 Å². The fourth-order valence-corrected chi connectivity index (χ4v) is 3.55. The first-order valence-electron chi connectivity index (χ1n) is 9.19. The van der Waals surface area contributed by atoms with E-state index in [9.17, 15) is 4.79 Å². The van der Waals surface area contributed by atoms with Crippen molar-refractivity contribution in [2.45, 2.75) is 32.3 Å². The Labute approximate surface area is 154 Å². The molecule has 1 unspecified atom stereocenters. The van der Waals surface area contributed by atoms with E-state index >= 15 is 0 Å². The molecule has 3 rings (SSSR count). The Hall–Kier alpha value is -2.27. The van der Waals surface area contributed by atoms with Crippen LogP contribution in [0, 0.1) is 5.92 Å². The first-order chi connectivity index (χ1) is 12.7. The Bertz CT molecular complexity index is 724. The monoisotopic (exact) mass is 357 g/mol. The van der Waals surface area contributed by atoms with E-state index in [1.165, 1.54) is 12.0 Å². The quantitative estimate of drug-likeness (QED) is 0.754. The van der Waals surface area contributed by atoms with Gasteiger partial charge in [0.15, 0.2) is 5.76 Å². The predicted molar refractivity (Wildman–Crippen MR) is 99.4 cm³/mol. The summed E-state index contributed by atoms with van der Waals surface area (Å²) in [4.78, 5) is 14.6. The summed E-state index contributed by atoms with van der Waals surface area (Å²) in [5, 5.41) is 0. The average Bonchev–Trinajstić information content (AvgIpc) is 3.15. The number of hydrogen-bond donors (Lipinski definition) is 0. The summed E-state index contributed by atoms with van der Waals surface area (Å²) in [6.45, 7) is 1.98. The predicted octanol–water partition coefficient (Wildman–Crippen LogP) is 3.92. The van der Waals surface area contributed by atoms with E-state index in [1.807, 2.05) is 17.0 Å². The van der Waals surface area contributed by atoms with E-state index in [0.717, 1.165) is 38.1 Å². The molecule has 2 heterocycles. The zero-order valence-corrected chi connectivity index (χ0v) is 15.6. The molecule has 0 radical (unpaired) electrons. The third-order valence-corrected chi connectivity index (χ3v) is 4.94. The lowest BCUT2D eigenvalue weighted by molar-refractivity contribution is 0.0629. The van der Waals surface area contributed by atoms with Gasteiger partial charge < -0.3 is 18.8 Å². The SMILES string of the molecule is COCc1ccc(C(=O)N2CCCC(CCc3cccc(OC)c3)C2)o1. The minimum absolute atomic E-state index is 0.0153. The van der Waals surface area contributed by atoms with Crippen LogP contribution in [-0.2, 0) is 17.8 Å². The van der Waals surface area contributed by atoms with Gasteiger partial charge in [-0.2, -0.15) is 0 Å². The van der Waals surface area contributed by atoms with Crippen LogP contribution in [0.3, 0.4) is 0 Å². The lowest BCUT2D eigenvalue weighted by atomic mass is 9.91. The maximum absolute atomic E-state index is 12.7. The smallest absolute Gasteiger partial charge is 0.289 e. The van der Waals surface area contributed by atoms with Crippen molar-refractivity contribution >= 4 is 5.91 Å². The lowest BCUT2D eigenvalue weighted by Crippen LogP contribution is -2.39. The number of amides is 1. The van der Waals surface area contributed by atoms with Crippen molar-refractivity contribution in [1.29, 1.82) is 0 Å². The third-order valence-electron chi connectivity index (χ3n) is 4.94. The first kappa shape index (κ1) is 18.5. The molecule has 1 aliphatic rings. The van der Waals surface area contributed by atoms with Crippen LogP contribution in [-0.4, -0.2) is 38.1 Å². The Morgan fingerprint density at radius 1 is 1.27 bits per heavy atom.